The Morgan fingerprint density at radius 2 is 1.95 bits per heavy atom. The van der Waals surface area contributed by atoms with Crippen molar-refractivity contribution in [2.24, 2.45) is 0 Å². The van der Waals surface area contributed by atoms with Crippen molar-refractivity contribution in [2.75, 3.05) is 0 Å². The van der Waals surface area contributed by atoms with Gasteiger partial charge in [0.1, 0.15) is 0 Å². The maximum absolute atomic E-state index is 13.4. The molecular formula is C14H15ClF2N2. The zero-order chi connectivity index (χ0) is 14.0. The van der Waals surface area contributed by atoms with Gasteiger partial charge in [-0.2, -0.15) is 5.10 Å². The molecule has 0 amide bonds. The van der Waals surface area contributed by atoms with E-state index in [0.717, 1.165) is 24.6 Å². The lowest BCUT2D eigenvalue weighted by Gasteiger charge is -2.15. The molecule has 1 aromatic heterocycles. The lowest BCUT2D eigenvalue weighted by Crippen LogP contribution is -2.02. The molecule has 0 N–H and O–H groups in total. The summed E-state index contributed by atoms with van der Waals surface area (Å²) in [7, 11) is 0. The van der Waals surface area contributed by atoms with Crippen LogP contribution in [0.25, 0.3) is 0 Å². The van der Waals surface area contributed by atoms with Crippen molar-refractivity contribution >= 4 is 11.6 Å². The number of hydrogen-bond acceptors (Lipinski definition) is 1. The number of nitrogens with zero attached hydrogens (tertiary/aromatic N) is 2. The predicted molar refractivity (Wildman–Crippen MR) is 71.4 cm³/mol. The van der Waals surface area contributed by atoms with E-state index in [2.05, 4.69) is 5.10 Å². The first kappa shape index (κ1) is 14.0. The van der Waals surface area contributed by atoms with E-state index in [1.165, 1.54) is 6.07 Å². The van der Waals surface area contributed by atoms with Gasteiger partial charge in [-0.3, -0.25) is 4.68 Å². The van der Waals surface area contributed by atoms with Gasteiger partial charge < -0.3 is 0 Å². The zero-order valence-electron chi connectivity index (χ0n) is 10.8. The molecule has 1 aromatic carbocycles. The van der Waals surface area contributed by atoms with Gasteiger partial charge in [-0.1, -0.05) is 18.5 Å². The Morgan fingerprint density at radius 1 is 1.26 bits per heavy atom. The van der Waals surface area contributed by atoms with E-state index in [1.807, 2.05) is 20.0 Å². The van der Waals surface area contributed by atoms with Crippen LogP contribution in [0.5, 0.6) is 0 Å². The molecule has 2 rings (SSSR count). The van der Waals surface area contributed by atoms with Crippen molar-refractivity contribution in [2.45, 2.75) is 32.7 Å². The number of benzene rings is 1. The zero-order valence-corrected chi connectivity index (χ0v) is 11.6. The minimum atomic E-state index is -0.923. The third-order valence-corrected chi connectivity index (χ3v) is 3.53. The van der Waals surface area contributed by atoms with Crippen LogP contribution in [-0.4, -0.2) is 9.78 Å². The molecule has 1 heterocycles. The summed E-state index contributed by atoms with van der Waals surface area (Å²) >= 11 is 6.03. The minimum absolute atomic E-state index is 0.0806. The normalized spacial score (nSPS) is 12.7. The summed E-state index contributed by atoms with van der Waals surface area (Å²) in [5, 5.41) is 4.45. The standard InChI is InChI=1S/C14H15ClF2N2/c1-3-10(9-7-18-19(4-2)8-9)11-5-13(16)14(17)6-12(11)15/h5-8,10H,3-4H2,1-2H3/t10-/m0/s1. The molecule has 102 valence electrons. The molecule has 0 aliphatic heterocycles. The van der Waals surface area contributed by atoms with E-state index in [0.29, 0.717) is 5.56 Å². The van der Waals surface area contributed by atoms with Gasteiger partial charge in [0.25, 0.3) is 0 Å². The fourth-order valence-electron chi connectivity index (χ4n) is 2.17. The molecule has 2 nitrogen and oxygen atoms in total. The third-order valence-electron chi connectivity index (χ3n) is 3.20. The highest BCUT2D eigenvalue weighted by molar-refractivity contribution is 6.31. The highest BCUT2D eigenvalue weighted by Crippen LogP contribution is 2.33. The minimum Gasteiger partial charge on any atom is -0.273 e. The summed E-state index contributed by atoms with van der Waals surface area (Å²) in [4.78, 5) is 0. The van der Waals surface area contributed by atoms with Crippen molar-refractivity contribution in [1.29, 1.82) is 0 Å². The van der Waals surface area contributed by atoms with E-state index in [4.69, 9.17) is 11.6 Å². The predicted octanol–water partition coefficient (Wildman–Crippen LogP) is 4.38. The van der Waals surface area contributed by atoms with E-state index < -0.39 is 11.6 Å². The molecule has 0 fully saturated rings. The molecule has 0 aliphatic rings. The number of rotatable bonds is 4. The smallest absolute Gasteiger partial charge is 0.160 e. The van der Waals surface area contributed by atoms with Crippen molar-refractivity contribution < 1.29 is 8.78 Å². The van der Waals surface area contributed by atoms with Crippen LogP contribution in [0, 0.1) is 11.6 Å². The van der Waals surface area contributed by atoms with Gasteiger partial charge in [0.15, 0.2) is 11.6 Å². The monoisotopic (exact) mass is 284 g/mol. The molecule has 0 unspecified atom stereocenters. The number of aromatic nitrogens is 2. The van der Waals surface area contributed by atoms with Crippen LogP contribution in [0.1, 0.15) is 37.3 Å². The topological polar surface area (TPSA) is 17.8 Å². The Labute approximate surface area is 116 Å². The van der Waals surface area contributed by atoms with Crippen molar-refractivity contribution in [3.8, 4) is 0 Å². The van der Waals surface area contributed by atoms with Gasteiger partial charge in [-0.15, -0.1) is 0 Å². The fourth-order valence-corrected chi connectivity index (χ4v) is 2.45. The molecule has 0 radical (unpaired) electrons. The second-order valence-corrected chi connectivity index (χ2v) is 4.79. The average molecular weight is 285 g/mol. The number of hydrogen-bond donors (Lipinski definition) is 0. The second-order valence-electron chi connectivity index (χ2n) is 4.38. The Bertz CT molecular complexity index is 581. The largest absolute Gasteiger partial charge is 0.273 e. The van der Waals surface area contributed by atoms with Gasteiger partial charge in [0.2, 0.25) is 0 Å². The summed E-state index contributed by atoms with van der Waals surface area (Å²) in [5.41, 5.74) is 1.55. The molecular weight excluding hydrogens is 270 g/mol. The number of halogens is 3. The van der Waals surface area contributed by atoms with E-state index in [-0.39, 0.29) is 10.9 Å². The molecule has 0 saturated carbocycles. The van der Waals surface area contributed by atoms with Gasteiger partial charge in [-0.05, 0) is 36.6 Å². The van der Waals surface area contributed by atoms with E-state index in [9.17, 15) is 8.78 Å². The maximum Gasteiger partial charge on any atom is 0.160 e. The molecule has 0 aliphatic carbocycles. The van der Waals surface area contributed by atoms with Crippen LogP contribution < -0.4 is 0 Å². The quantitative estimate of drug-likeness (QED) is 0.762. The highest BCUT2D eigenvalue weighted by Gasteiger charge is 2.19. The highest BCUT2D eigenvalue weighted by atomic mass is 35.5. The molecule has 0 saturated heterocycles. The van der Waals surface area contributed by atoms with Crippen molar-refractivity contribution in [3.63, 3.8) is 0 Å². The van der Waals surface area contributed by atoms with Crippen LogP contribution in [0.4, 0.5) is 8.78 Å². The first-order valence-corrected chi connectivity index (χ1v) is 6.61. The summed E-state index contributed by atoms with van der Waals surface area (Å²) < 4.78 is 28.3. The molecule has 1 atom stereocenters. The maximum atomic E-state index is 13.4. The van der Waals surface area contributed by atoms with Crippen LogP contribution >= 0.6 is 11.6 Å². The summed E-state index contributed by atoms with van der Waals surface area (Å²) in [6.07, 6.45) is 4.39. The van der Waals surface area contributed by atoms with Crippen LogP contribution in [0.3, 0.4) is 0 Å². The lowest BCUT2D eigenvalue weighted by molar-refractivity contribution is 0.506. The molecule has 0 bridgehead atoms. The van der Waals surface area contributed by atoms with Gasteiger partial charge >= 0.3 is 0 Å². The van der Waals surface area contributed by atoms with E-state index >= 15 is 0 Å². The van der Waals surface area contributed by atoms with Gasteiger partial charge in [0.05, 0.1) is 6.20 Å². The Hall–Kier alpha value is -1.42. The molecule has 5 heteroatoms. The van der Waals surface area contributed by atoms with Crippen molar-refractivity contribution in [1.82, 2.24) is 9.78 Å². The number of aryl methyl sites for hydroxylation is 1. The first-order valence-electron chi connectivity index (χ1n) is 6.23. The van der Waals surface area contributed by atoms with Gasteiger partial charge in [0, 0.05) is 23.7 Å². The summed E-state index contributed by atoms with van der Waals surface area (Å²) in [5.74, 6) is -1.88. The second kappa shape index (κ2) is 5.70. The van der Waals surface area contributed by atoms with Crippen LogP contribution in [0.2, 0.25) is 5.02 Å². The lowest BCUT2D eigenvalue weighted by atomic mass is 9.91. The van der Waals surface area contributed by atoms with Crippen LogP contribution in [0.15, 0.2) is 24.5 Å². The first-order chi connectivity index (χ1) is 9.06. The Balaban J connectivity index is 2.44. The van der Waals surface area contributed by atoms with Crippen molar-refractivity contribution in [3.05, 3.63) is 52.3 Å². The average Bonchev–Trinajstić information content (AvgIpc) is 2.85. The van der Waals surface area contributed by atoms with Gasteiger partial charge in [-0.25, -0.2) is 8.78 Å². The summed E-state index contributed by atoms with van der Waals surface area (Å²) in [6, 6.07) is 2.20. The molecule has 2 aromatic rings. The summed E-state index contributed by atoms with van der Waals surface area (Å²) in [6.45, 7) is 4.73. The molecule has 19 heavy (non-hydrogen) atoms. The Morgan fingerprint density at radius 3 is 2.53 bits per heavy atom. The molecule has 0 spiro atoms. The Kier molecular flexibility index (Phi) is 4.20. The fraction of sp³-hybridized carbons (Fsp3) is 0.357. The van der Waals surface area contributed by atoms with Crippen LogP contribution in [-0.2, 0) is 6.54 Å². The SMILES string of the molecule is CC[C@@H](c1cnn(CC)c1)c1cc(F)c(F)cc1Cl. The van der Waals surface area contributed by atoms with E-state index in [1.54, 1.807) is 10.9 Å². The third kappa shape index (κ3) is 2.78.